The minimum absolute atomic E-state index is 0.218. The normalized spacial score (nSPS) is 14.4. The fourth-order valence-corrected chi connectivity index (χ4v) is 8.35. The van der Waals surface area contributed by atoms with E-state index in [9.17, 15) is 9.59 Å². The lowest BCUT2D eigenvalue weighted by Crippen LogP contribution is -2.50. The quantitative estimate of drug-likeness (QED) is 0.0718. The molecule has 0 aliphatic carbocycles. The van der Waals surface area contributed by atoms with Gasteiger partial charge in [-0.2, -0.15) is 5.10 Å². The zero-order valence-corrected chi connectivity index (χ0v) is 35.8. The first-order chi connectivity index (χ1) is 29.6. The second kappa shape index (κ2) is 18.1. The summed E-state index contributed by atoms with van der Waals surface area (Å²) in [5.41, 5.74) is 6.52. The number of rotatable bonds is 11. The Hall–Kier alpha value is -6.27. The number of benzene rings is 4. The van der Waals surface area contributed by atoms with Gasteiger partial charge >= 0.3 is 12.1 Å². The Morgan fingerprint density at radius 2 is 1.61 bits per heavy atom. The summed E-state index contributed by atoms with van der Waals surface area (Å²) in [7, 11) is 1.93. The number of carbonyl (C=O) groups is 2. The van der Waals surface area contributed by atoms with Crippen LogP contribution >= 0.6 is 0 Å². The van der Waals surface area contributed by atoms with Gasteiger partial charge < -0.3 is 38.1 Å². The Morgan fingerprint density at radius 1 is 0.852 bits per heavy atom. The van der Waals surface area contributed by atoms with Crippen LogP contribution in [0, 0.1) is 0 Å². The Labute approximate surface area is 357 Å². The van der Waals surface area contributed by atoms with Gasteiger partial charge in [-0.25, -0.2) is 9.59 Å². The molecule has 318 valence electrons. The van der Waals surface area contributed by atoms with E-state index in [0.717, 1.165) is 61.2 Å². The van der Waals surface area contributed by atoms with Crippen molar-refractivity contribution < 1.29 is 33.3 Å². The molecule has 4 aromatic carbocycles. The maximum Gasteiger partial charge on any atom is 0.410 e. The number of esters is 1. The van der Waals surface area contributed by atoms with Gasteiger partial charge in [0.1, 0.15) is 35.1 Å². The molecule has 0 N–H and O–H groups in total. The number of anilines is 1. The van der Waals surface area contributed by atoms with Crippen LogP contribution in [0.25, 0.3) is 32.8 Å². The first-order valence-electron chi connectivity index (χ1n) is 21.2. The van der Waals surface area contributed by atoms with Gasteiger partial charge in [0.05, 0.1) is 37.6 Å². The van der Waals surface area contributed by atoms with Crippen molar-refractivity contribution in [2.45, 2.75) is 65.9 Å². The Bertz CT molecular complexity index is 2540. The molecule has 0 atom stereocenters. The van der Waals surface area contributed by atoms with Crippen LogP contribution in [0.15, 0.2) is 97.1 Å². The van der Waals surface area contributed by atoms with Crippen LogP contribution in [0.2, 0.25) is 0 Å². The summed E-state index contributed by atoms with van der Waals surface area (Å²) in [6.45, 7) is 12.3. The first kappa shape index (κ1) is 41.5. The molecule has 1 amide bonds. The second-order valence-corrected chi connectivity index (χ2v) is 16.4. The maximum atomic E-state index is 14.0. The van der Waals surface area contributed by atoms with Gasteiger partial charge in [-0.1, -0.05) is 66.7 Å². The average molecular weight is 826 g/mol. The standard InChI is InChI=1S/C49H55N5O7/c1-6-58-47(55)46-39(19-13-31-59-43-20-11-15-34-14-7-8-16-37(34)43)38-17-12-18-40-44-41(50-51(5)42(44)33-57-30-10-9-25-54(46)45(38)40)32-60-36-23-21-35(22-24-36)52-26-28-53(29-27-52)48(56)61-49(2,3)4/h7-12,14-18,20-24H,6,13,19,25-33H2,1-5H3. The molecule has 12 nitrogen and oxygen atoms in total. The molecule has 2 aliphatic heterocycles. The fraction of sp³-hybridized carbons (Fsp3) is 0.367. The fourth-order valence-electron chi connectivity index (χ4n) is 8.35. The second-order valence-electron chi connectivity index (χ2n) is 16.4. The Morgan fingerprint density at radius 3 is 2.39 bits per heavy atom. The summed E-state index contributed by atoms with van der Waals surface area (Å²) >= 11 is 0. The third-order valence-electron chi connectivity index (χ3n) is 11.2. The maximum absolute atomic E-state index is 14.0. The van der Waals surface area contributed by atoms with E-state index in [1.807, 2.05) is 81.9 Å². The predicted octanol–water partition coefficient (Wildman–Crippen LogP) is 9.11. The van der Waals surface area contributed by atoms with Gasteiger partial charge in [0.15, 0.2) is 0 Å². The van der Waals surface area contributed by atoms with Gasteiger partial charge in [0, 0.05) is 67.4 Å². The highest BCUT2D eigenvalue weighted by molar-refractivity contribution is 6.05. The monoisotopic (exact) mass is 825 g/mol. The molecule has 1 saturated heterocycles. The SMILES string of the molecule is CCOC(=O)c1c(CCCOc2cccc3ccccc23)c2cccc3c2n1CC=CCOCc1c-3c(COc2ccc(N3CCN(C(=O)OC(C)(C)C)CC3)cc2)nn1C. The van der Waals surface area contributed by atoms with Crippen molar-refractivity contribution in [2.24, 2.45) is 7.05 Å². The van der Waals surface area contributed by atoms with E-state index in [4.69, 9.17) is 28.8 Å². The zero-order valence-electron chi connectivity index (χ0n) is 35.8. The molecule has 0 spiro atoms. The van der Waals surface area contributed by atoms with E-state index in [-0.39, 0.29) is 25.3 Å². The highest BCUT2D eigenvalue weighted by Crippen LogP contribution is 2.39. The van der Waals surface area contributed by atoms with Crippen LogP contribution < -0.4 is 14.4 Å². The van der Waals surface area contributed by atoms with Gasteiger partial charge in [-0.3, -0.25) is 4.68 Å². The summed E-state index contributed by atoms with van der Waals surface area (Å²) in [5.74, 6) is 1.21. The molecular weight excluding hydrogens is 771 g/mol. The molecule has 1 fully saturated rings. The van der Waals surface area contributed by atoms with E-state index in [0.29, 0.717) is 76.8 Å². The van der Waals surface area contributed by atoms with Crippen LogP contribution in [-0.2, 0) is 47.4 Å². The third kappa shape index (κ3) is 9.10. The van der Waals surface area contributed by atoms with Crippen LogP contribution in [0.4, 0.5) is 10.5 Å². The number of para-hydroxylation sites is 1. The van der Waals surface area contributed by atoms with Crippen molar-refractivity contribution >= 4 is 39.4 Å². The number of fused-ring (bicyclic) bond motifs is 3. The van der Waals surface area contributed by atoms with Gasteiger partial charge in [-0.15, -0.1) is 0 Å². The average Bonchev–Trinajstić information content (AvgIpc) is 3.74. The number of piperazine rings is 1. The summed E-state index contributed by atoms with van der Waals surface area (Å²) in [4.78, 5) is 30.6. The molecule has 8 rings (SSSR count). The molecule has 4 heterocycles. The topological polar surface area (TPSA) is 110 Å². The number of nitrogens with zero attached hydrogens (tertiary/aromatic N) is 5. The minimum Gasteiger partial charge on any atom is -0.493 e. The van der Waals surface area contributed by atoms with Crippen LogP contribution in [0.5, 0.6) is 11.5 Å². The lowest BCUT2D eigenvalue weighted by atomic mass is 9.98. The predicted molar refractivity (Wildman–Crippen MR) is 237 cm³/mol. The molecule has 6 aromatic rings. The van der Waals surface area contributed by atoms with Crippen molar-refractivity contribution in [1.82, 2.24) is 19.2 Å². The number of carbonyl (C=O) groups excluding carboxylic acids is 2. The highest BCUT2D eigenvalue weighted by atomic mass is 16.6. The number of ether oxygens (including phenoxy) is 5. The lowest BCUT2D eigenvalue weighted by molar-refractivity contribution is 0.0240. The number of hydrogen-bond donors (Lipinski definition) is 0. The molecule has 61 heavy (non-hydrogen) atoms. The molecule has 0 saturated carbocycles. The van der Waals surface area contributed by atoms with Crippen molar-refractivity contribution in [2.75, 3.05) is 50.9 Å². The van der Waals surface area contributed by atoms with E-state index in [2.05, 4.69) is 64.1 Å². The third-order valence-corrected chi connectivity index (χ3v) is 11.2. The minimum atomic E-state index is -0.522. The number of aromatic nitrogens is 3. The summed E-state index contributed by atoms with van der Waals surface area (Å²) in [5, 5.41) is 8.20. The summed E-state index contributed by atoms with van der Waals surface area (Å²) in [6.07, 6.45) is 5.09. The molecule has 12 heteroatoms. The number of amides is 1. The zero-order chi connectivity index (χ0) is 42.5. The van der Waals surface area contributed by atoms with Crippen LogP contribution in [0.3, 0.4) is 0 Å². The molecule has 0 unspecified atom stereocenters. The van der Waals surface area contributed by atoms with Crippen molar-refractivity contribution in [3.63, 3.8) is 0 Å². The van der Waals surface area contributed by atoms with Gasteiger partial charge in [-0.05, 0) is 81.8 Å². The molecule has 0 radical (unpaired) electrons. The summed E-state index contributed by atoms with van der Waals surface area (Å²) < 4.78 is 34.3. The molecule has 0 bridgehead atoms. The molecule has 2 aliphatic rings. The molecule has 2 aromatic heterocycles. The van der Waals surface area contributed by atoms with Crippen LogP contribution in [-0.4, -0.2) is 82.9 Å². The number of allylic oxidation sites excluding steroid dienone is 1. The Balaban J connectivity index is 1.06. The number of hydrogen-bond acceptors (Lipinski definition) is 9. The molecular formula is C49H55N5O7. The van der Waals surface area contributed by atoms with Gasteiger partial charge in [0.25, 0.3) is 0 Å². The van der Waals surface area contributed by atoms with Crippen molar-refractivity contribution in [3.05, 3.63) is 120 Å². The largest absolute Gasteiger partial charge is 0.493 e. The Kier molecular flexibility index (Phi) is 12.3. The van der Waals surface area contributed by atoms with Gasteiger partial charge in [0.2, 0.25) is 0 Å². The van der Waals surface area contributed by atoms with E-state index >= 15 is 0 Å². The van der Waals surface area contributed by atoms with E-state index < -0.39 is 5.60 Å². The first-order valence-corrected chi connectivity index (χ1v) is 21.2. The van der Waals surface area contributed by atoms with Crippen LogP contribution in [0.1, 0.15) is 61.6 Å². The van der Waals surface area contributed by atoms with E-state index in [1.165, 1.54) is 0 Å². The van der Waals surface area contributed by atoms with Crippen molar-refractivity contribution in [1.29, 1.82) is 0 Å². The van der Waals surface area contributed by atoms with Crippen molar-refractivity contribution in [3.8, 4) is 22.6 Å². The summed E-state index contributed by atoms with van der Waals surface area (Å²) in [6, 6.07) is 28.6. The van der Waals surface area contributed by atoms with E-state index in [1.54, 1.807) is 4.90 Å². The lowest BCUT2D eigenvalue weighted by Gasteiger charge is -2.36. The highest BCUT2D eigenvalue weighted by Gasteiger charge is 2.29. The smallest absolute Gasteiger partial charge is 0.410 e. The number of aryl methyl sites for hydroxylation is 2.